The topological polar surface area (TPSA) is 58.6 Å². The van der Waals surface area contributed by atoms with Crippen LogP contribution >= 0.6 is 0 Å². The van der Waals surface area contributed by atoms with E-state index in [4.69, 9.17) is 4.74 Å². The number of anilines is 1. The van der Waals surface area contributed by atoms with Gasteiger partial charge in [0.2, 0.25) is 5.91 Å². The third-order valence-electron chi connectivity index (χ3n) is 3.94. The summed E-state index contributed by atoms with van der Waals surface area (Å²) in [7, 11) is 0. The minimum atomic E-state index is -0.189. The molecular formula is C18H26N2O3. The van der Waals surface area contributed by atoms with Gasteiger partial charge < -0.3 is 10.1 Å². The first kappa shape index (κ1) is 17.3. The number of benzene rings is 1. The highest BCUT2D eigenvalue weighted by Crippen LogP contribution is 2.31. The van der Waals surface area contributed by atoms with Crippen LogP contribution in [0, 0.1) is 5.92 Å². The largest absolute Gasteiger partial charge is 0.482 e. The summed E-state index contributed by atoms with van der Waals surface area (Å²) in [6.45, 7) is 6.42. The molecule has 0 bridgehead atoms. The number of carbonyl (C=O) groups excluding carboxylic acids is 2. The number of para-hydroxylation sites is 2. The quantitative estimate of drug-likeness (QED) is 0.841. The van der Waals surface area contributed by atoms with E-state index in [1.165, 1.54) is 4.90 Å². The predicted octanol–water partition coefficient (Wildman–Crippen LogP) is 2.74. The van der Waals surface area contributed by atoms with Crippen LogP contribution in [-0.4, -0.2) is 31.0 Å². The second kappa shape index (κ2) is 7.99. The monoisotopic (exact) mass is 318 g/mol. The van der Waals surface area contributed by atoms with E-state index in [0.29, 0.717) is 17.4 Å². The predicted molar refractivity (Wildman–Crippen MR) is 90.6 cm³/mol. The number of amides is 2. The molecule has 2 rings (SSSR count). The van der Waals surface area contributed by atoms with Crippen molar-refractivity contribution in [2.45, 2.75) is 46.1 Å². The molecule has 23 heavy (non-hydrogen) atoms. The van der Waals surface area contributed by atoms with Gasteiger partial charge in [-0.1, -0.05) is 38.8 Å². The summed E-state index contributed by atoms with van der Waals surface area (Å²) in [5.74, 6) is 1.00. The molecule has 5 nitrogen and oxygen atoms in total. The van der Waals surface area contributed by atoms with Crippen molar-refractivity contribution in [2.24, 2.45) is 5.92 Å². The van der Waals surface area contributed by atoms with E-state index in [2.05, 4.69) is 19.2 Å². The molecule has 1 aliphatic heterocycles. The van der Waals surface area contributed by atoms with Crippen LogP contribution in [0.3, 0.4) is 0 Å². The highest BCUT2D eigenvalue weighted by molar-refractivity contribution is 6.02. The van der Waals surface area contributed by atoms with E-state index in [9.17, 15) is 9.59 Å². The molecule has 0 aromatic heterocycles. The summed E-state index contributed by atoms with van der Waals surface area (Å²) in [6, 6.07) is 7.41. The van der Waals surface area contributed by atoms with Crippen LogP contribution in [0.2, 0.25) is 0 Å². The fourth-order valence-corrected chi connectivity index (χ4v) is 2.70. The van der Waals surface area contributed by atoms with Gasteiger partial charge in [-0.15, -0.1) is 0 Å². The van der Waals surface area contributed by atoms with Crippen LogP contribution in [0.25, 0.3) is 0 Å². The number of nitrogens with one attached hydrogen (secondary N) is 1. The first-order valence-corrected chi connectivity index (χ1v) is 8.29. The zero-order chi connectivity index (χ0) is 16.8. The van der Waals surface area contributed by atoms with Crippen molar-refractivity contribution in [1.82, 2.24) is 5.32 Å². The lowest BCUT2D eigenvalue weighted by Gasteiger charge is -2.29. The normalized spacial score (nSPS) is 15.1. The van der Waals surface area contributed by atoms with Gasteiger partial charge in [0.05, 0.1) is 5.69 Å². The van der Waals surface area contributed by atoms with E-state index in [1.807, 2.05) is 19.1 Å². The van der Waals surface area contributed by atoms with Crippen LogP contribution in [0.15, 0.2) is 24.3 Å². The van der Waals surface area contributed by atoms with Crippen LogP contribution in [0.4, 0.5) is 5.69 Å². The van der Waals surface area contributed by atoms with Gasteiger partial charge in [0.15, 0.2) is 6.61 Å². The minimum Gasteiger partial charge on any atom is -0.482 e. The van der Waals surface area contributed by atoms with Crippen molar-refractivity contribution in [3.63, 3.8) is 0 Å². The van der Waals surface area contributed by atoms with Crippen molar-refractivity contribution < 1.29 is 14.3 Å². The molecule has 0 aliphatic carbocycles. The van der Waals surface area contributed by atoms with Crippen molar-refractivity contribution in [2.75, 3.05) is 18.1 Å². The Morgan fingerprint density at radius 1 is 1.26 bits per heavy atom. The Kier molecular flexibility index (Phi) is 6.02. The second-order valence-electron chi connectivity index (χ2n) is 6.53. The smallest absolute Gasteiger partial charge is 0.265 e. The highest BCUT2D eigenvalue weighted by atomic mass is 16.5. The molecule has 5 heteroatoms. The van der Waals surface area contributed by atoms with Crippen LogP contribution < -0.4 is 15.0 Å². The zero-order valence-corrected chi connectivity index (χ0v) is 14.2. The Labute approximate surface area is 138 Å². The first-order valence-electron chi connectivity index (χ1n) is 8.29. The molecule has 1 aromatic rings. The average molecular weight is 318 g/mol. The maximum atomic E-state index is 12.2. The first-order chi connectivity index (χ1) is 11.0. The van der Waals surface area contributed by atoms with Gasteiger partial charge >= 0.3 is 0 Å². The lowest BCUT2D eigenvalue weighted by atomic mass is 10.0. The molecule has 1 unspecified atom stereocenters. The standard InChI is InChI=1S/C18H26N2O3/c1-13(2)7-6-8-14(3)19-17(21)11-20-15-9-4-5-10-16(15)23-12-18(20)22/h4-5,9-10,13-14H,6-8,11-12H2,1-3H3,(H,19,21). The number of carbonyl (C=O) groups is 2. The number of hydrogen-bond acceptors (Lipinski definition) is 3. The number of hydrogen-bond donors (Lipinski definition) is 1. The molecule has 2 amide bonds. The summed E-state index contributed by atoms with van der Waals surface area (Å²) >= 11 is 0. The third kappa shape index (κ3) is 4.98. The van der Waals surface area contributed by atoms with Crippen molar-refractivity contribution >= 4 is 17.5 Å². The summed E-state index contributed by atoms with van der Waals surface area (Å²) in [5, 5.41) is 2.98. The fraction of sp³-hybridized carbons (Fsp3) is 0.556. The Hall–Kier alpha value is -2.04. The highest BCUT2D eigenvalue weighted by Gasteiger charge is 2.27. The SMILES string of the molecule is CC(C)CCCC(C)NC(=O)CN1C(=O)COc2ccccc21. The van der Waals surface area contributed by atoms with Gasteiger partial charge in [0.1, 0.15) is 12.3 Å². The summed E-state index contributed by atoms with van der Waals surface area (Å²) < 4.78 is 5.38. The van der Waals surface area contributed by atoms with Crippen molar-refractivity contribution in [3.8, 4) is 5.75 Å². The average Bonchev–Trinajstić information content (AvgIpc) is 2.49. The molecule has 1 aromatic carbocycles. The molecule has 0 saturated heterocycles. The number of fused-ring (bicyclic) bond motifs is 1. The van der Waals surface area contributed by atoms with Crippen LogP contribution in [0.1, 0.15) is 40.0 Å². The Morgan fingerprint density at radius 3 is 2.74 bits per heavy atom. The number of ether oxygens (including phenoxy) is 1. The van der Waals surface area contributed by atoms with Gasteiger partial charge in [-0.3, -0.25) is 14.5 Å². The Balaban J connectivity index is 1.88. The van der Waals surface area contributed by atoms with Crippen molar-refractivity contribution in [1.29, 1.82) is 0 Å². The molecule has 0 radical (unpaired) electrons. The summed E-state index contributed by atoms with van der Waals surface area (Å²) in [5.41, 5.74) is 0.659. The zero-order valence-electron chi connectivity index (χ0n) is 14.2. The van der Waals surface area contributed by atoms with Crippen LogP contribution in [-0.2, 0) is 9.59 Å². The van der Waals surface area contributed by atoms with E-state index in [-0.39, 0.29) is 31.0 Å². The molecular weight excluding hydrogens is 292 g/mol. The lowest BCUT2D eigenvalue weighted by molar-refractivity contribution is -0.125. The number of nitrogens with zero attached hydrogens (tertiary/aromatic N) is 1. The molecule has 1 N–H and O–H groups in total. The maximum Gasteiger partial charge on any atom is 0.265 e. The summed E-state index contributed by atoms with van der Waals surface area (Å²) in [4.78, 5) is 25.8. The Morgan fingerprint density at radius 2 is 2.00 bits per heavy atom. The Bertz CT molecular complexity index is 557. The molecule has 1 aliphatic rings. The van der Waals surface area contributed by atoms with E-state index < -0.39 is 0 Å². The molecule has 1 atom stereocenters. The van der Waals surface area contributed by atoms with Gasteiger partial charge in [-0.25, -0.2) is 0 Å². The minimum absolute atomic E-state index is 0.0196. The van der Waals surface area contributed by atoms with Crippen molar-refractivity contribution in [3.05, 3.63) is 24.3 Å². The lowest BCUT2D eigenvalue weighted by Crippen LogP contribution is -2.46. The summed E-state index contributed by atoms with van der Waals surface area (Å²) in [6.07, 6.45) is 3.21. The van der Waals surface area contributed by atoms with Gasteiger partial charge in [0.25, 0.3) is 5.91 Å². The third-order valence-corrected chi connectivity index (χ3v) is 3.94. The molecule has 1 heterocycles. The van der Waals surface area contributed by atoms with Gasteiger partial charge in [0, 0.05) is 6.04 Å². The molecule has 0 fully saturated rings. The van der Waals surface area contributed by atoms with Gasteiger partial charge in [-0.05, 0) is 31.4 Å². The van der Waals surface area contributed by atoms with E-state index in [1.54, 1.807) is 12.1 Å². The molecule has 0 spiro atoms. The number of rotatable bonds is 7. The molecule has 126 valence electrons. The van der Waals surface area contributed by atoms with E-state index >= 15 is 0 Å². The van der Waals surface area contributed by atoms with Gasteiger partial charge in [-0.2, -0.15) is 0 Å². The van der Waals surface area contributed by atoms with E-state index in [0.717, 1.165) is 19.3 Å². The van der Waals surface area contributed by atoms with Crippen LogP contribution in [0.5, 0.6) is 5.75 Å². The maximum absolute atomic E-state index is 12.2. The molecule has 0 saturated carbocycles. The second-order valence-corrected chi connectivity index (χ2v) is 6.53. The fourth-order valence-electron chi connectivity index (χ4n) is 2.70.